The van der Waals surface area contributed by atoms with Crippen molar-refractivity contribution in [2.24, 2.45) is 29.4 Å². The standard InChI is InChI=1S/C25H44N4O6/c1-13(2)10-19(28(9)17(8)30)24(33)29-12-16(7)11-18(29)23(32)27-20(14(3)4)25(34)35-21(15(5)6)22(26)31/h13-16,18-21H,10-12H2,1-9H3,(H2,26,31)(H,27,32). The zero-order valence-electron chi connectivity index (χ0n) is 22.7. The molecular weight excluding hydrogens is 452 g/mol. The summed E-state index contributed by atoms with van der Waals surface area (Å²) in [5, 5.41) is 2.74. The summed E-state index contributed by atoms with van der Waals surface area (Å²) in [4.78, 5) is 66.4. The van der Waals surface area contributed by atoms with Crippen molar-refractivity contribution in [2.75, 3.05) is 13.6 Å². The second kappa shape index (κ2) is 12.9. The number of nitrogens with zero attached hydrogens (tertiary/aromatic N) is 2. The van der Waals surface area contributed by atoms with E-state index >= 15 is 0 Å². The lowest BCUT2D eigenvalue weighted by atomic mass is 10.00. The number of ether oxygens (including phenoxy) is 1. The molecule has 1 fully saturated rings. The summed E-state index contributed by atoms with van der Waals surface area (Å²) < 4.78 is 5.34. The second-order valence-electron chi connectivity index (χ2n) is 10.9. The fourth-order valence-electron chi connectivity index (χ4n) is 4.29. The van der Waals surface area contributed by atoms with E-state index in [-0.39, 0.29) is 35.5 Å². The van der Waals surface area contributed by atoms with Gasteiger partial charge in [-0.1, -0.05) is 48.5 Å². The molecule has 0 bridgehead atoms. The van der Waals surface area contributed by atoms with Gasteiger partial charge in [0.15, 0.2) is 6.10 Å². The number of esters is 1. The van der Waals surface area contributed by atoms with E-state index < -0.39 is 42.0 Å². The number of amides is 4. The van der Waals surface area contributed by atoms with Crippen LogP contribution in [0.4, 0.5) is 0 Å². The zero-order valence-corrected chi connectivity index (χ0v) is 22.7. The minimum absolute atomic E-state index is 0.0710. The Hall–Kier alpha value is -2.65. The molecule has 1 saturated heterocycles. The van der Waals surface area contributed by atoms with Gasteiger partial charge in [0.2, 0.25) is 17.7 Å². The Bertz CT molecular complexity index is 797. The smallest absolute Gasteiger partial charge is 0.329 e. The van der Waals surface area contributed by atoms with Crippen LogP contribution in [0, 0.1) is 23.7 Å². The highest BCUT2D eigenvalue weighted by Crippen LogP contribution is 2.26. The molecule has 0 aromatic heterocycles. The SMILES string of the molecule is CC(=O)N(C)C(CC(C)C)C(=O)N1CC(C)CC1C(=O)NC(C(=O)OC(C(N)=O)C(C)C)C(C)C. The van der Waals surface area contributed by atoms with Crippen LogP contribution in [0.2, 0.25) is 0 Å². The molecule has 35 heavy (non-hydrogen) atoms. The Morgan fingerprint density at radius 1 is 1.06 bits per heavy atom. The maximum Gasteiger partial charge on any atom is 0.329 e. The van der Waals surface area contributed by atoms with E-state index in [1.165, 1.54) is 16.7 Å². The number of likely N-dealkylation sites (tertiary alicyclic amines) is 1. The van der Waals surface area contributed by atoms with Crippen LogP contribution in [-0.2, 0) is 28.7 Å². The predicted octanol–water partition coefficient (Wildman–Crippen LogP) is 1.31. The van der Waals surface area contributed by atoms with Gasteiger partial charge < -0.3 is 25.6 Å². The first-order chi connectivity index (χ1) is 16.1. The highest BCUT2D eigenvalue weighted by atomic mass is 16.5. The Morgan fingerprint density at radius 3 is 2.06 bits per heavy atom. The van der Waals surface area contributed by atoms with Crippen LogP contribution in [0.5, 0.6) is 0 Å². The lowest BCUT2D eigenvalue weighted by molar-refractivity contribution is -0.161. The quantitative estimate of drug-likeness (QED) is 0.414. The number of hydrogen-bond acceptors (Lipinski definition) is 6. The van der Waals surface area contributed by atoms with Gasteiger partial charge in [0.25, 0.3) is 5.91 Å². The van der Waals surface area contributed by atoms with Crippen LogP contribution in [-0.4, -0.2) is 77.2 Å². The topological polar surface area (TPSA) is 139 Å². The van der Waals surface area contributed by atoms with Crippen LogP contribution in [0.3, 0.4) is 0 Å². The lowest BCUT2D eigenvalue weighted by Crippen LogP contribution is -2.56. The highest BCUT2D eigenvalue weighted by molar-refractivity contribution is 5.94. The molecule has 1 rings (SSSR count). The summed E-state index contributed by atoms with van der Waals surface area (Å²) in [5.74, 6) is -2.89. The van der Waals surface area contributed by atoms with Crippen LogP contribution in [0.15, 0.2) is 0 Å². The molecule has 0 aromatic carbocycles. The van der Waals surface area contributed by atoms with Gasteiger partial charge in [0.05, 0.1) is 0 Å². The van der Waals surface area contributed by atoms with Gasteiger partial charge in [-0.25, -0.2) is 4.79 Å². The molecule has 0 saturated carbocycles. The Kier molecular flexibility index (Phi) is 11.2. The molecule has 200 valence electrons. The van der Waals surface area contributed by atoms with Crippen LogP contribution < -0.4 is 11.1 Å². The number of likely N-dealkylation sites (N-methyl/N-ethyl adjacent to an activating group) is 1. The molecule has 0 aromatic rings. The highest BCUT2D eigenvalue weighted by Gasteiger charge is 2.43. The van der Waals surface area contributed by atoms with E-state index in [2.05, 4.69) is 5.32 Å². The van der Waals surface area contributed by atoms with Crippen molar-refractivity contribution in [3.63, 3.8) is 0 Å². The fourth-order valence-corrected chi connectivity index (χ4v) is 4.29. The number of primary amides is 1. The Labute approximate surface area is 209 Å². The number of nitrogens with one attached hydrogen (secondary N) is 1. The van der Waals surface area contributed by atoms with Gasteiger partial charge in [-0.3, -0.25) is 19.2 Å². The van der Waals surface area contributed by atoms with Gasteiger partial charge in [-0.05, 0) is 36.5 Å². The average molecular weight is 497 g/mol. The molecule has 0 radical (unpaired) electrons. The molecule has 1 aliphatic rings. The largest absolute Gasteiger partial charge is 0.450 e. The van der Waals surface area contributed by atoms with Crippen LogP contribution in [0.25, 0.3) is 0 Å². The van der Waals surface area contributed by atoms with Crippen molar-refractivity contribution >= 4 is 29.6 Å². The Morgan fingerprint density at radius 2 is 1.63 bits per heavy atom. The maximum atomic E-state index is 13.5. The second-order valence-corrected chi connectivity index (χ2v) is 10.9. The summed E-state index contributed by atoms with van der Waals surface area (Å²) >= 11 is 0. The summed E-state index contributed by atoms with van der Waals surface area (Å²) in [6.45, 7) is 14.6. The van der Waals surface area contributed by atoms with Gasteiger partial charge in [-0.2, -0.15) is 0 Å². The average Bonchev–Trinajstić information content (AvgIpc) is 3.13. The number of hydrogen-bond donors (Lipinski definition) is 2. The van der Waals surface area contributed by atoms with Crippen molar-refractivity contribution in [1.29, 1.82) is 0 Å². The summed E-state index contributed by atoms with van der Waals surface area (Å²) in [5.41, 5.74) is 5.36. The molecule has 10 heteroatoms. The van der Waals surface area contributed by atoms with Crippen molar-refractivity contribution in [3.8, 4) is 0 Å². The molecular formula is C25H44N4O6. The summed E-state index contributed by atoms with van der Waals surface area (Å²) in [7, 11) is 1.59. The number of carbonyl (C=O) groups excluding carboxylic acids is 5. The van der Waals surface area contributed by atoms with E-state index in [9.17, 15) is 24.0 Å². The molecule has 0 aliphatic carbocycles. The number of nitrogens with two attached hydrogens (primary N) is 1. The van der Waals surface area contributed by atoms with Gasteiger partial charge in [-0.15, -0.1) is 0 Å². The van der Waals surface area contributed by atoms with Crippen LogP contribution >= 0.6 is 0 Å². The number of carbonyl (C=O) groups is 5. The van der Waals surface area contributed by atoms with Crippen molar-refractivity contribution < 1.29 is 28.7 Å². The lowest BCUT2D eigenvalue weighted by Gasteiger charge is -2.34. The molecule has 5 unspecified atom stereocenters. The molecule has 1 heterocycles. The van der Waals surface area contributed by atoms with E-state index in [0.29, 0.717) is 19.4 Å². The normalized spacial score (nSPS) is 20.5. The fraction of sp³-hybridized carbons (Fsp3) is 0.800. The predicted molar refractivity (Wildman–Crippen MR) is 132 cm³/mol. The number of rotatable bonds is 11. The van der Waals surface area contributed by atoms with E-state index in [4.69, 9.17) is 10.5 Å². The van der Waals surface area contributed by atoms with E-state index in [1.54, 1.807) is 34.7 Å². The molecule has 4 amide bonds. The molecule has 1 aliphatic heterocycles. The maximum absolute atomic E-state index is 13.5. The third kappa shape index (κ3) is 8.21. The molecule has 0 spiro atoms. The molecule has 3 N–H and O–H groups in total. The monoisotopic (exact) mass is 496 g/mol. The van der Waals surface area contributed by atoms with Crippen molar-refractivity contribution in [2.45, 2.75) is 92.5 Å². The van der Waals surface area contributed by atoms with Gasteiger partial charge in [0.1, 0.15) is 18.1 Å². The van der Waals surface area contributed by atoms with Gasteiger partial charge in [0, 0.05) is 20.5 Å². The molecule has 5 atom stereocenters. The molecule has 10 nitrogen and oxygen atoms in total. The first-order valence-electron chi connectivity index (χ1n) is 12.4. The Balaban J connectivity index is 3.12. The first-order valence-corrected chi connectivity index (χ1v) is 12.4. The van der Waals surface area contributed by atoms with E-state index in [1.807, 2.05) is 20.8 Å². The van der Waals surface area contributed by atoms with Crippen LogP contribution in [0.1, 0.15) is 68.2 Å². The minimum atomic E-state index is -1.11. The van der Waals surface area contributed by atoms with Crippen molar-refractivity contribution in [3.05, 3.63) is 0 Å². The third-order valence-electron chi connectivity index (χ3n) is 6.39. The van der Waals surface area contributed by atoms with E-state index in [0.717, 1.165) is 0 Å². The first kappa shape index (κ1) is 30.4. The summed E-state index contributed by atoms with van der Waals surface area (Å²) in [6, 6.07) is -2.47. The van der Waals surface area contributed by atoms with Crippen molar-refractivity contribution in [1.82, 2.24) is 15.1 Å². The van der Waals surface area contributed by atoms with Gasteiger partial charge >= 0.3 is 5.97 Å². The zero-order chi connectivity index (χ0) is 27.2. The minimum Gasteiger partial charge on any atom is -0.450 e. The summed E-state index contributed by atoms with van der Waals surface area (Å²) in [6.07, 6.45) is -0.200. The third-order valence-corrected chi connectivity index (χ3v) is 6.39.